The van der Waals surface area contributed by atoms with E-state index in [4.69, 9.17) is 11.6 Å². The Labute approximate surface area is 135 Å². The number of halogens is 2. The van der Waals surface area contributed by atoms with E-state index < -0.39 is 0 Å². The minimum absolute atomic E-state index is 0. The summed E-state index contributed by atoms with van der Waals surface area (Å²) >= 11 is 7.60. The summed E-state index contributed by atoms with van der Waals surface area (Å²) < 4.78 is 0. The van der Waals surface area contributed by atoms with E-state index in [0.717, 1.165) is 30.8 Å². The quantitative estimate of drug-likeness (QED) is 0.831. The van der Waals surface area contributed by atoms with Crippen molar-refractivity contribution in [2.45, 2.75) is 36.0 Å². The highest BCUT2D eigenvalue weighted by molar-refractivity contribution is 8.00. The van der Waals surface area contributed by atoms with Gasteiger partial charge in [-0.15, -0.1) is 24.2 Å². The highest BCUT2D eigenvalue weighted by Gasteiger charge is 2.20. The molecule has 3 nitrogen and oxygen atoms in total. The maximum atomic E-state index is 12.1. The molecule has 1 aliphatic rings. The lowest BCUT2D eigenvalue weighted by Gasteiger charge is -2.25. The number of hydrogen-bond donors (Lipinski definition) is 2. The van der Waals surface area contributed by atoms with Gasteiger partial charge in [0, 0.05) is 17.5 Å². The molecule has 0 saturated carbocycles. The maximum absolute atomic E-state index is 12.1. The molecule has 1 saturated heterocycles. The SMILES string of the molecule is CC(Sc1ccccc1Cl)C(=O)NC1CCCNC1.Cl. The summed E-state index contributed by atoms with van der Waals surface area (Å²) in [6, 6.07) is 7.88. The van der Waals surface area contributed by atoms with Gasteiger partial charge in [-0.2, -0.15) is 0 Å². The van der Waals surface area contributed by atoms with Gasteiger partial charge in [0.2, 0.25) is 5.91 Å². The number of thioether (sulfide) groups is 1. The van der Waals surface area contributed by atoms with Crippen LogP contribution in [0, 0.1) is 0 Å². The van der Waals surface area contributed by atoms with Crippen molar-refractivity contribution >= 4 is 41.7 Å². The smallest absolute Gasteiger partial charge is 0.233 e. The molecule has 112 valence electrons. The summed E-state index contributed by atoms with van der Waals surface area (Å²) in [6.07, 6.45) is 2.18. The second-order valence-corrected chi connectivity index (χ2v) is 6.53. The Morgan fingerprint density at radius 2 is 2.25 bits per heavy atom. The summed E-state index contributed by atoms with van der Waals surface area (Å²) in [7, 11) is 0. The van der Waals surface area contributed by atoms with E-state index in [0.29, 0.717) is 5.02 Å². The molecule has 0 aliphatic carbocycles. The number of carbonyl (C=O) groups excluding carboxylic acids is 1. The van der Waals surface area contributed by atoms with Crippen molar-refractivity contribution < 1.29 is 4.79 Å². The molecule has 0 aromatic heterocycles. The number of amides is 1. The van der Waals surface area contributed by atoms with E-state index in [2.05, 4.69) is 10.6 Å². The Balaban J connectivity index is 0.00000200. The van der Waals surface area contributed by atoms with Crippen molar-refractivity contribution in [3.05, 3.63) is 29.3 Å². The minimum atomic E-state index is -0.137. The fraction of sp³-hybridized carbons (Fsp3) is 0.500. The van der Waals surface area contributed by atoms with Crippen LogP contribution in [-0.4, -0.2) is 30.3 Å². The van der Waals surface area contributed by atoms with Crippen molar-refractivity contribution in [3.8, 4) is 0 Å². The molecule has 1 aromatic carbocycles. The summed E-state index contributed by atoms with van der Waals surface area (Å²) in [4.78, 5) is 13.1. The van der Waals surface area contributed by atoms with Crippen molar-refractivity contribution in [3.63, 3.8) is 0 Å². The average Bonchev–Trinajstić information content (AvgIpc) is 2.42. The van der Waals surface area contributed by atoms with E-state index >= 15 is 0 Å². The zero-order valence-corrected chi connectivity index (χ0v) is 13.8. The average molecular weight is 335 g/mol. The van der Waals surface area contributed by atoms with Gasteiger partial charge >= 0.3 is 0 Å². The number of nitrogens with one attached hydrogen (secondary N) is 2. The number of piperidine rings is 1. The molecule has 2 atom stereocenters. The lowest BCUT2D eigenvalue weighted by Crippen LogP contribution is -2.47. The third kappa shape index (κ3) is 5.17. The van der Waals surface area contributed by atoms with Crippen LogP contribution in [-0.2, 0) is 4.79 Å². The summed E-state index contributed by atoms with van der Waals surface area (Å²) in [5.41, 5.74) is 0. The van der Waals surface area contributed by atoms with Gasteiger partial charge in [-0.1, -0.05) is 23.7 Å². The van der Waals surface area contributed by atoms with Gasteiger partial charge in [-0.25, -0.2) is 0 Å². The third-order valence-electron chi connectivity index (χ3n) is 3.15. The second-order valence-electron chi connectivity index (χ2n) is 4.74. The van der Waals surface area contributed by atoms with Crippen molar-refractivity contribution in [1.82, 2.24) is 10.6 Å². The zero-order chi connectivity index (χ0) is 13.7. The van der Waals surface area contributed by atoms with Gasteiger partial charge in [0.25, 0.3) is 0 Å². The number of hydrogen-bond acceptors (Lipinski definition) is 3. The highest BCUT2D eigenvalue weighted by Crippen LogP contribution is 2.30. The van der Waals surface area contributed by atoms with Gasteiger partial charge < -0.3 is 10.6 Å². The molecule has 2 rings (SSSR count). The first-order valence-corrected chi connectivity index (χ1v) is 7.85. The molecule has 2 unspecified atom stereocenters. The molecule has 1 aliphatic heterocycles. The lowest BCUT2D eigenvalue weighted by atomic mass is 10.1. The third-order valence-corrected chi connectivity index (χ3v) is 4.77. The molecule has 1 fully saturated rings. The highest BCUT2D eigenvalue weighted by atomic mass is 35.5. The molecule has 1 amide bonds. The Morgan fingerprint density at radius 1 is 1.50 bits per heavy atom. The molecular formula is C14H20Cl2N2OS. The van der Waals surface area contributed by atoms with Crippen LogP contribution in [0.5, 0.6) is 0 Å². The molecule has 0 radical (unpaired) electrons. The van der Waals surface area contributed by atoms with Gasteiger partial charge in [0.15, 0.2) is 0 Å². The van der Waals surface area contributed by atoms with Gasteiger partial charge in [0.1, 0.15) is 0 Å². The molecule has 1 aromatic rings. The topological polar surface area (TPSA) is 41.1 Å². The Hall–Kier alpha value is -0.420. The standard InChI is InChI=1S/C14H19ClN2OS.ClH/c1-10(19-13-7-3-2-6-12(13)15)14(18)17-11-5-4-8-16-9-11;/h2-3,6-7,10-11,16H,4-5,8-9H2,1H3,(H,17,18);1H. The summed E-state index contributed by atoms with van der Waals surface area (Å²) in [5, 5.41) is 6.95. The van der Waals surface area contributed by atoms with Crippen LogP contribution in [0.2, 0.25) is 5.02 Å². The Morgan fingerprint density at radius 3 is 2.90 bits per heavy atom. The number of rotatable bonds is 4. The first-order valence-electron chi connectivity index (χ1n) is 6.59. The largest absolute Gasteiger partial charge is 0.351 e. The van der Waals surface area contributed by atoms with Crippen molar-refractivity contribution in [2.75, 3.05) is 13.1 Å². The molecule has 1 heterocycles. The van der Waals surface area contributed by atoms with Crippen LogP contribution < -0.4 is 10.6 Å². The summed E-state index contributed by atoms with van der Waals surface area (Å²) in [5.74, 6) is 0.0821. The van der Waals surface area contributed by atoms with Crippen molar-refractivity contribution in [2.24, 2.45) is 0 Å². The van der Waals surface area contributed by atoms with E-state index in [1.807, 2.05) is 31.2 Å². The van der Waals surface area contributed by atoms with Crippen LogP contribution >= 0.6 is 35.8 Å². The first kappa shape index (κ1) is 17.6. The van der Waals surface area contributed by atoms with E-state index in [1.54, 1.807) is 0 Å². The van der Waals surface area contributed by atoms with E-state index in [1.165, 1.54) is 11.8 Å². The minimum Gasteiger partial charge on any atom is -0.351 e. The molecule has 20 heavy (non-hydrogen) atoms. The van der Waals surface area contributed by atoms with E-state index in [9.17, 15) is 4.79 Å². The fourth-order valence-corrected chi connectivity index (χ4v) is 3.24. The molecule has 2 N–H and O–H groups in total. The molecule has 0 spiro atoms. The zero-order valence-electron chi connectivity index (χ0n) is 11.4. The van der Waals surface area contributed by atoms with Crippen LogP contribution in [0.15, 0.2) is 29.2 Å². The fourth-order valence-electron chi connectivity index (χ4n) is 2.08. The molecular weight excluding hydrogens is 315 g/mol. The molecule has 0 bridgehead atoms. The maximum Gasteiger partial charge on any atom is 0.233 e. The van der Waals surface area contributed by atoms with Gasteiger partial charge in [-0.05, 0) is 38.4 Å². The Bertz CT molecular complexity index is 439. The van der Waals surface area contributed by atoms with Crippen molar-refractivity contribution in [1.29, 1.82) is 0 Å². The van der Waals surface area contributed by atoms with Crippen LogP contribution in [0.25, 0.3) is 0 Å². The van der Waals surface area contributed by atoms with Crippen LogP contribution in [0.3, 0.4) is 0 Å². The number of carbonyl (C=O) groups is 1. The predicted molar refractivity (Wildman–Crippen MR) is 88.1 cm³/mol. The molecule has 6 heteroatoms. The van der Waals surface area contributed by atoms with Crippen LogP contribution in [0.4, 0.5) is 0 Å². The van der Waals surface area contributed by atoms with Gasteiger partial charge in [-0.3, -0.25) is 4.79 Å². The lowest BCUT2D eigenvalue weighted by molar-refractivity contribution is -0.121. The Kier molecular flexibility index (Phi) is 7.74. The van der Waals surface area contributed by atoms with Crippen LogP contribution in [0.1, 0.15) is 19.8 Å². The monoisotopic (exact) mass is 334 g/mol. The first-order chi connectivity index (χ1) is 9.16. The summed E-state index contributed by atoms with van der Waals surface area (Å²) in [6.45, 7) is 3.84. The number of benzene rings is 1. The second kappa shape index (κ2) is 8.78. The van der Waals surface area contributed by atoms with E-state index in [-0.39, 0.29) is 29.6 Å². The predicted octanol–water partition coefficient (Wildman–Crippen LogP) is 3.11. The normalized spacial score (nSPS) is 19.8. The van der Waals surface area contributed by atoms with Gasteiger partial charge in [0.05, 0.1) is 10.3 Å².